The molecule has 4 nitrogen and oxygen atoms in total. The van der Waals surface area contributed by atoms with Crippen LogP contribution in [0.25, 0.3) is 0 Å². The lowest BCUT2D eigenvalue weighted by Gasteiger charge is -2.05. The van der Waals surface area contributed by atoms with Crippen molar-refractivity contribution in [3.8, 4) is 5.75 Å². The molecular weight excluding hydrogens is 269 g/mol. The van der Waals surface area contributed by atoms with Gasteiger partial charge in [-0.1, -0.05) is 17.7 Å². The topological polar surface area (TPSA) is 48.3 Å². The third kappa shape index (κ3) is 2.96. The Bertz CT molecular complexity index is 647. The molecule has 6 heteroatoms. The van der Waals surface area contributed by atoms with E-state index in [4.69, 9.17) is 4.74 Å². The summed E-state index contributed by atoms with van der Waals surface area (Å²) in [4.78, 5) is 0.200. The summed E-state index contributed by atoms with van der Waals surface area (Å²) in [5.41, 5.74) is 0.985. The maximum atomic E-state index is 12.3. The maximum absolute atomic E-state index is 12.3. The predicted molar refractivity (Wildman–Crippen MR) is 69.7 cm³/mol. The van der Waals surface area contributed by atoms with Crippen LogP contribution in [0.2, 0.25) is 0 Å². The van der Waals surface area contributed by atoms with Gasteiger partial charge in [0.1, 0.15) is 19.0 Å². The van der Waals surface area contributed by atoms with Gasteiger partial charge >= 0.3 is 0 Å². The number of aromatic nitrogens is 1. The van der Waals surface area contributed by atoms with E-state index in [1.165, 1.54) is 18.5 Å². The number of benzene rings is 1. The standard InChI is InChI=1S/C13H14FNO3S/c1-11-2-4-13(5-3-11)19(16,17)15-8-6-12(10-15)18-9-7-14/h2-6,8,10H,7,9H2,1H3. The minimum atomic E-state index is -3.62. The van der Waals surface area contributed by atoms with E-state index in [0.717, 1.165) is 9.54 Å². The number of alkyl halides is 1. The van der Waals surface area contributed by atoms with Gasteiger partial charge in [0.15, 0.2) is 0 Å². The predicted octanol–water partition coefficient (Wildman–Crippen LogP) is 2.38. The minimum Gasteiger partial charge on any atom is -0.489 e. The number of nitrogens with zero attached hydrogens (tertiary/aromatic N) is 1. The Kier molecular flexibility index (Phi) is 3.90. The molecule has 0 spiro atoms. The highest BCUT2D eigenvalue weighted by Gasteiger charge is 2.16. The molecule has 1 aromatic carbocycles. The van der Waals surface area contributed by atoms with Crippen LogP contribution < -0.4 is 4.74 Å². The summed E-state index contributed by atoms with van der Waals surface area (Å²) in [5, 5.41) is 0. The second-order valence-electron chi connectivity index (χ2n) is 4.03. The van der Waals surface area contributed by atoms with E-state index >= 15 is 0 Å². The Morgan fingerprint density at radius 1 is 1.21 bits per heavy atom. The fraction of sp³-hybridized carbons (Fsp3) is 0.231. The van der Waals surface area contributed by atoms with Crippen molar-refractivity contribution in [2.24, 2.45) is 0 Å². The molecule has 0 fully saturated rings. The maximum Gasteiger partial charge on any atom is 0.267 e. The van der Waals surface area contributed by atoms with E-state index in [9.17, 15) is 12.8 Å². The van der Waals surface area contributed by atoms with E-state index in [1.807, 2.05) is 6.92 Å². The highest BCUT2D eigenvalue weighted by Crippen LogP contribution is 2.19. The lowest BCUT2D eigenvalue weighted by Crippen LogP contribution is -2.10. The van der Waals surface area contributed by atoms with Gasteiger partial charge < -0.3 is 4.74 Å². The fourth-order valence-electron chi connectivity index (χ4n) is 1.58. The van der Waals surface area contributed by atoms with E-state index in [0.29, 0.717) is 5.75 Å². The SMILES string of the molecule is Cc1ccc(S(=O)(=O)n2ccc(OCCF)c2)cc1. The summed E-state index contributed by atoms with van der Waals surface area (Å²) in [6.07, 6.45) is 2.70. The molecule has 102 valence electrons. The van der Waals surface area contributed by atoms with Crippen molar-refractivity contribution in [3.63, 3.8) is 0 Å². The Hall–Kier alpha value is -1.82. The van der Waals surface area contributed by atoms with Crippen LogP contribution in [0.5, 0.6) is 5.75 Å². The fourth-order valence-corrected chi connectivity index (χ4v) is 2.77. The van der Waals surface area contributed by atoms with Gasteiger partial charge in [0.25, 0.3) is 10.0 Å². The molecule has 0 saturated carbocycles. The molecule has 0 atom stereocenters. The molecule has 0 unspecified atom stereocenters. The quantitative estimate of drug-likeness (QED) is 0.846. The lowest BCUT2D eigenvalue weighted by molar-refractivity contribution is 0.273. The Labute approximate surface area is 111 Å². The molecule has 0 radical (unpaired) electrons. The van der Waals surface area contributed by atoms with Gasteiger partial charge in [0, 0.05) is 6.20 Å². The van der Waals surface area contributed by atoms with Crippen molar-refractivity contribution < 1.29 is 17.5 Å². The number of rotatable bonds is 5. The van der Waals surface area contributed by atoms with Crippen molar-refractivity contribution in [1.82, 2.24) is 3.97 Å². The van der Waals surface area contributed by atoms with Crippen LogP contribution in [-0.4, -0.2) is 25.7 Å². The van der Waals surface area contributed by atoms with Crippen molar-refractivity contribution in [2.75, 3.05) is 13.3 Å². The zero-order chi connectivity index (χ0) is 13.9. The van der Waals surface area contributed by atoms with Crippen LogP contribution >= 0.6 is 0 Å². The van der Waals surface area contributed by atoms with Gasteiger partial charge in [-0.15, -0.1) is 0 Å². The number of ether oxygens (including phenoxy) is 1. The zero-order valence-electron chi connectivity index (χ0n) is 10.4. The summed E-state index contributed by atoms with van der Waals surface area (Å²) in [5.74, 6) is 0.327. The number of hydrogen-bond acceptors (Lipinski definition) is 3. The molecule has 2 rings (SSSR count). The molecule has 1 heterocycles. The van der Waals surface area contributed by atoms with E-state index < -0.39 is 16.7 Å². The molecule has 0 aliphatic rings. The lowest BCUT2D eigenvalue weighted by atomic mass is 10.2. The molecule has 0 aliphatic heterocycles. The highest BCUT2D eigenvalue weighted by molar-refractivity contribution is 7.90. The zero-order valence-corrected chi connectivity index (χ0v) is 11.2. The number of halogens is 1. The summed E-state index contributed by atoms with van der Waals surface area (Å²) in [7, 11) is -3.62. The van der Waals surface area contributed by atoms with Crippen molar-refractivity contribution in [2.45, 2.75) is 11.8 Å². The first-order valence-electron chi connectivity index (χ1n) is 5.73. The van der Waals surface area contributed by atoms with Crippen LogP contribution in [0.15, 0.2) is 47.6 Å². The van der Waals surface area contributed by atoms with Gasteiger partial charge in [-0.2, -0.15) is 0 Å². The van der Waals surface area contributed by atoms with Gasteiger partial charge in [-0.3, -0.25) is 0 Å². The first-order chi connectivity index (χ1) is 9.04. The average Bonchev–Trinajstić information content (AvgIpc) is 2.86. The van der Waals surface area contributed by atoms with E-state index in [-0.39, 0.29) is 11.5 Å². The summed E-state index contributed by atoms with van der Waals surface area (Å²) in [6, 6.07) is 8.05. The molecule has 0 saturated heterocycles. The highest BCUT2D eigenvalue weighted by atomic mass is 32.2. The third-order valence-corrected chi connectivity index (χ3v) is 4.23. The van der Waals surface area contributed by atoms with Gasteiger partial charge in [-0.05, 0) is 25.1 Å². The second kappa shape index (κ2) is 5.44. The molecule has 19 heavy (non-hydrogen) atoms. The third-order valence-electron chi connectivity index (χ3n) is 2.58. The van der Waals surface area contributed by atoms with E-state index in [1.54, 1.807) is 24.3 Å². The van der Waals surface area contributed by atoms with Gasteiger partial charge in [-0.25, -0.2) is 16.8 Å². The molecule has 0 amide bonds. The Morgan fingerprint density at radius 3 is 2.53 bits per heavy atom. The van der Waals surface area contributed by atoms with Gasteiger partial charge in [0.05, 0.1) is 11.1 Å². The number of hydrogen-bond donors (Lipinski definition) is 0. The van der Waals surface area contributed by atoms with Gasteiger partial charge in [0.2, 0.25) is 0 Å². The molecular formula is C13H14FNO3S. The van der Waals surface area contributed by atoms with Crippen LogP contribution in [0, 0.1) is 6.92 Å². The first-order valence-corrected chi connectivity index (χ1v) is 7.17. The molecule has 1 aromatic heterocycles. The Balaban J connectivity index is 2.29. The summed E-state index contributed by atoms with van der Waals surface area (Å²) in [6.45, 7) is 1.18. The average molecular weight is 283 g/mol. The molecule has 0 aliphatic carbocycles. The molecule has 0 N–H and O–H groups in total. The molecule has 2 aromatic rings. The van der Waals surface area contributed by atoms with Crippen molar-refractivity contribution in [1.29, 1.82) is 0 Å². The molecule has 0 bridgehead atoms. The minimum absolute atomic E-state index is 0.0887. The summed E-state index contributed by atoms with van der Waals surface area (Å²) < 4.78 is 42.6. The first kappa shape index (κ1) is 13.6. The second-order valence-corrected chi connectivity index (χ2v) is 5.88. The van der Waals surface area contributed by atoms with Crippen LogP contribution in [0.1, 0.15) is 5.56 Å². The van der Waals surface area contributed by atoms with E-state index in [2.05, 4.69) is 0 Å². The van der Waals surface area contributed by atoms with Crippen molar-refractivity contribution in [3.05, 3.63) is 48.3 Å². The van der Waals surface area contributed by atoms with Crippen LogP contribution in [0.3, 0.4) is 0 Å². The smallest absolute Gasteiger partial charge is 0.267 e. The normalized spacial score (nSPS) is 11.5. The largest absolute Gasteiger partial charge is 0.489 e. The number of aryl methyl sites for hydroxylation is 1. The Morgan fingerprint density at radius 2 is 1.89 bits per heavy atom. The van der Waals surface area contributed by atoms with Crippen LogP contribution in [0.4, 0.5) is 4.39 Å². The van der Waals surface area contributed by atoms with Crippen molar-refractivity contribution >= 4 is 10.0 Å². The van der Waals surface area contributed by atoms with Crippen LogP contribution in [-0.2, 0) is 10.0 Å². The monoisotopic (exact) mass is 283 g/mol. The summed E-state index contributed by atoms with van der Waals surface area (Å²) >= 11 is 0.